The maximum atomic E-state index is 4.66. The van der Waals surface area contributed by atoms with Gasteiger partial charge in [0.05, 0.1) is 11.2 Å². The predicted octanol–water partition coefficient (Wildman–Crippen LogP) is 2.15. The number of piperidine rings is 1. The van der Waals surface area contributed by atoms with Crippen LogP contribution in [0, 0.1) is 0 Å². The van der Waals surface area contributed by atoms with Gasteiger partial charge in [-0.25, -0.2) is 4.99 Å². The van der Waals surface area contributed by atoms with E-state index in [2.05, 4.69) is 38.3 Å². The Morgan fingerprint density at radius 2 is 2.56 bits per heavy atom. The molecular formula is C12H15N3S. The number of hydrogen-bond acceptors (Lipinski definition) is 4. The number of hydrogen-bond donors (Lipinski definition) is 0. The molecule has 1 aliphatic heterocycles. The summed E-state index contributed by atoms with van der Waals surface area (Å²) in [6.07, 6.45) is 6.05. The quantitative estimate of drug-likeness (QED) is 0.591. The van der Waals surface area contributed by atoms with Crippen LogP contribution in [0.15, 0.2) is 29.5 Å². The zero-order valence-electron chi connectivity index (χ0n) is 9.17. The van der Waals surface area contributed by atoms with Crippen molar-refractivity contribution in [3.63, 3.8) is 0 Å². The van der Waals surface area contributed by atoms with Crippen molar-refractivity contribution in [2.24, 2.45) is 4.99 Å². The van der Waals surface area contributed by atoms with E-state index in [-0.39, 0.29) is 0 Å². The summed E-state index contributed by atoms with van der Waals surface area (Å²) in [5.41, 5.74) is 1.26. The molecule has 1 aromatic rings. The van der Waals surface area contributed by atoms with Gasteiger partial charge in [-0.1, -0.05) is 6.07 Å². The van der Waals surface area contributed by atoms with Gasteiger partial charge in [0.15, 0.2) is 0 Å². The molecule has 0 amide bonds. The van der Waals surface area contributed by atoms with Gasteiger partial charge in [-0.05, 0) is 43.2 Å². The van der Waals surface area contributed by atoms with E-state index in [1.54, 1.807) is 6.20 Å². The van der Waals surface area contributed by atoms with Gasteiger partial charge < -0.3 is 0 Å². The molecule has 3 nitrogen and oxygen atoms in total. The highest BCUT2D eigenvalue weighted by Crippen LogP contribution is 2.15. The molecule has 1 aromatic heterocycles. The highest BCUT2D eigenvalue weighted by molar-refractivity contribution is 7.78. The molecule has 1 fully saturated rings. The Morgan fingerprint density at radius 3 is 3.31 bits per heavy atom. The normalized spacial score (nSPS) is 21.4. The lowest BCUT2D eigenvalue weighted by atomic mass is 10.1. The lowest BCUT2D eigenvalue weighted by Gasteiger charge is -2.30. The van der Waals surface area contributed by atoms with E-state index in [1.165, 1.54) is 12.0 Å². The summed E-state index contributed by atoms with van der Waals surface area (Å²) >= 11 is 4.66. The molecule has 0 N–H and O–H groups in total. The second-order valence-electron chi connectivity index (χ2n) is 4.11. The minimum Gasteiger partial charge on any atom is -0.297 e. The first-order chi connectivity index (χ1) is 7.88. The molecule has 4 heteroatoms. The molecule has 0 bridgehead atoms. The van der Waals surface area contributed by atoms with Crippen LogP contribution in [0.25, 0.3) is 0 Å². The number of pyridine rings is 1. The highest BCUT2D eigenvalue weighted by atomic mass is 32.1. The largest absolute Gasteiger partial charge is 0.297 e. The number of isothiocyanates is 1. The Kier molecular flexibility index (Phi) is 4.17. The first-order valence-electron chi connectivity index (χ1n) is 5.57. The molecule has 0 aromatic carbocycles. The molecule has 0 radical (unpaired) electrons. The number of aromatic nitrogens is 1. The van der Waals surface area contributed by atoms with Crippen molar-refractivity contribution < 1.29 is 0 Å². The number of nitrogens with zero attached hydrogens (tertiary/aromatic N) is 3. The summed E-state index contributed by atoms with van der Waals surface area (Å²) in [6, 6.07) is 4.42. The molecule has 84 valence electrons. The third-order valence-corrected chi connectivity index (χ3v) is 2.95. The summed E-state index contributed by atoms with van der Waals surface area (Å²) in [6.45, 7) is 3.08. The first-order valence-corrected chi connectivity index (χ1v) is 5.97. The van der Waals surface area contributed by atoms with Crippen molar-refractivity contribution in [3.05, 3.63) is 30.1 Å². The molecule has 1 saturated heterocycles. The van der Waals surface area contributed by atoms with Crippen LogP contribution in [-0.2, 0) is 6.54 Å². The highest BCUT2D eigenvalue weighted by Gasteiger charge is 2.18. The number of thiocarbonyl (C=S) groups is 1. The van der Waals surface area contributed by atoms with Gasteiger partial charge in [0.1, 0.15) is 0 Å². The smallest absolute Gasteiger partial charge is 0.0730 e. The van der Waals surface area contributed by atoms with Crippen LogP contribution in [0.2, 0.25) is 0 Å². The van der Waals surface area contributed by atoms with Crippen LogP contribution in [-0.4, -0.2) is 34.2 Å². The number of aliphatic imine (C=N–C) groups is 1. The fourth-order valence-electron chi connectivity index (χ4n) is 2.10. The average molecular weight is 233 g/mol. The van der Waals surface area contributed by atoms with E-state index in [9.17, 15) is 0 Å². The van der Waals surface area contributed by atoms with Crippen LogP contribution in [0.4, 0.5) is 0 Å². The minimum atomic E-state index is 0.336. The van der Waals surface area contributed by atoms with Crippen LogP contribution < -0.4 is 0 Å². The third kappa shape index (κ3) is 3.20. The third-order valence-electron chi connectivity index (χ3n) is 2.84. The van der Waals surface area contributed by atoms with E-state index in [0.29, 0.717) is 6.04 Å². The van der Waals surface area contributed by atoms with E-state index in [1.807, 2.05) is 12.3 Å². The van der Waals surface area contributed by atoms with Crippen LogP contribution in [0.1, 0.15) is 18.4 Å². The van der Waals surface area contributed by atoms with Crippen LogP contribution >= 0.6 is 12.2 Å². The standard InChI is InChI=1S/C12H15N3S/c16-10-14-12-4-2-6-15(9-12)8-11-3-1-5-13-7-11/h1,3,5,7,12H,2,4,6,8-9H2/t12-/m1/s1. The zero-order valence-corrected chi connectivity index (χ0v) is 9.99. The van der Waals surface area contributed by atoms with Crippen molar-refractivity contribution in [1.29, 1.82) is 0 Å². The monoisotopic (exact) mass is 233 g/mol. The minimum absolute atomic E-state index is 0.336. The van der Waals surface area contributed by atoms with Crippen LogP contribution in [0.3, 0.4) is 0 Å². The molecule has 1 aliphatic rings. The summed E-state index contributed by atoms with van der Waals surface area (Å²) in [5, 5.41) is 2.49. The Morgan fingerprint density at radius 1 is 1.62 bits per heavy atom. The van der Waals surface area contributed by atoms with Gasteiger partial charge in [-0.2, -0.15) is 0 Å². The molecule has 2 heterocycles. The van der Waals surface area contributed by atoms with E-state index < -0.39 is 0 Å². The maximum absolute atomic E-state index is 4.66. The van der Waals surface area contributed by atoms with Gasteiger partial charge in [-0.15, -0.1) is 0 Å². The van der Waals surface area contributed by atoms with Crippen LogP contribution in [0.5, 0.6) is 0 Å². The molecule has 0 aliphatic carbocycles. The van der Waals surface area contributed by atoms with Crippen molar-refractivity contribution >= 4 is 17.4 Å². The molecule has 0 saturated carbocycles. The van der Waals surface area contributed by atoms with Gasteiger partial charge >= 0.3 is 0 Å². The molecule has 16 heavy (non-hydrogen) atoms. The lowest BCUT2D eigenvalue weighted by Crippen LogP contribution is -2.36. The summed E-state index contributed by atoms with van der Waals surface area (Å²) < 4.78 is 0. The van der Waals surface area contributed by atoms with Gasteiger partial charge in [0.25, 0.3) is 0 Å². The summed E-state index contributed by atoms with van der Waals surface area (Å²) in [4.78, 5) is 10.7. The lowest BCUT2D eigenvalue weighted by molar-refractivity contribution is 0.202. The molecular weight excluding hydrogens is 218 g/mol. The number of rotatable bonds is 3. The van der Waals surface area contributed by atoms with Crippen molar-refractivity contribution in [2.45, 2.75) is 25.4 Å². The molecule has 1 atom stereocenters. The second-order valence-corrected chi connectivity index (χ2v) is 4.30. The molecule has 2 rings (SSSR count). The van der Waals surface area contributed by atoms with E-state index >= 15 is 0 Å². The van der Waals surface area contributed by atoms with Gasteiger partial charge in [0.2, 0.25) is 0 Å². The Hall–Kier alpha value is -1.09. The molecule has 0 unspecified atom stereocenters. The Labute approximate surface area is 101 Å². The first kappa shape index (κ1) is 11.4. The zero-order chi connectivity index (χ0) is 11.2. The van der Waals surface area contributed by atoms with E-state index in [0.717, 1.165) is 26.1 Å². The SMILES string of the molecule is S=C=N[C@@H]1CCCN(Cc2cccnc2)C1. The fourth-order valence-corrected chi connectivity index (χ4v) is 2.25. The number of likely N-dealkylation sites (tertiary alicyclic amines) is 1. The van der Waals surface area contributed by atoms with Gasteiger partial charge in [0, 0.05) is 25.5 Å². The second kappa shape index (κ2) is 5.85. The predicted molar refractivity (Wildman–Crippen MR) is 67.6 cm³/mol. The fraction of sp³-hybridized carbons (Fsp3) is 0.500. The Bertz CT molecular complexity index is 373. The Balaban J connectivity index is 1.93. The summed E-state index contributed by atoms with van der Waals surface area (Å²) in [5.74, 6) is 0. The van der Waals surface area contributed by atoms with Crippen molar-refractivity contribution in [1.82, 2.24) is 9.88 Å². The maximum Gasteiger partial charge on any atom is 0.0730 e. The van der Waals surface area contributed by atoms with E-state index in [4.69, 9.17) is 0 Å². The topological polar surface area (TPSA) is 28.5 Å². The van der Waals surface area contributed by atoms with Crippen molar-refractivity contribution in [3.8, 4) is 0 Å². The van der Waals surface area contributed by atoms with Crippen molar-refractivity contribution in [2.75, 3.05) is 13.1 Å². The summed E-state index contributed by atoms with van der Waals surface area (Å²) in [7, 11) is 0. The average Bonchev–Trinajstić information content (AvgIpc) is 2.31. The van der Waals surface area contributed by atoms with Gasteiger partial charge in [-0.3, -0.25) is 9.88 Å². The molecule has 0 spiro atoms.